The molecule has 0 radical (unpaired) electrons. The number of aryl methyl sites for hydroxylation is 2. The van der Waals surface area contributed by atoms with Crippen molar-refractivity contribution in [1.82, 2.24) is 29.2 Å². The molecule has 4 aromatic heterocycles. The number of fused-ring (bicyclic) bond motifs is 2. The van der Waals surface area contributed by atoms with Crippen molar-refractivity contribution in [3.8, 4) is 22.1 Å². The first kappa shape index (κ1) is 14.3. The molecule has 0 unspecified atom stereocenters. The fraction of sp³-hybridized carbons (Fsp3) is 0.111. The molecular weight excluding hydrogens is 332 g/mol. The summed E-state index contributed by atoms with van der Waals surface area (Å²) in [6.07, 6.45) is 1.99. The number of aromatic nitrogens is 6. The fourth-order valence-corrected chi connectivity index (χ4v) is 3.81. The van der Waals surface area contributed by atoms with Crippen molar-refractivity contribution in [3.05, 3.63) is 59.9 Å². The maximum atomic E-state index is 4.75. The summed E-state index contributed by atoms with van der Waals surface area (Å²) in [5.41, 5.74) is 5.03. The lowest BCUT2D eigenvalue weighted by molar-refractivity contribution is 0.954. The van der Waals surface area contributed by atoms with E-state index in [1.807, 2.05) is 40.2 Å². The number of imidazole rings is 1. The molecular formula is C18H14N6S. The number of hydrogen-bond donors (Lipinski definition) is 0. The maximum absolute atomic E-state index is 4.75. The summed E-state index contributed by atoms with van der Waals surface area (Å²) >= 11 is 1.53. The molecule has 0 atom stereocenters. The van der Waals surface area contributed by atoms with Crippen LogP contribution in [0.1, 0.15) is 11.3 Å². The van der Waals surface area contributed by atoms with Gasteiger partial charge >= 0.3 is 0 Å². The molecule has 0 aliphatic rings. The van der Waals surface area contributed by atoms with E-state index in [1.165, 1.54) is 16.9 Å². The van der Waals surface area contributed by atoms with Crippen LogP contribution in [-0.4, -0.2) is 29.2 Å². The van der Waals surface area contributed by atoms with Crippen molar-refractivity contribution in [1.29, 1.82) is 0 Å². The summed E-state index contributed by atoms with van der Waals surface area (Å²) in [5, 5.41) is 14.3. The van der Waals surface area contributed by atoms with Gasteiger partial charge in [-0.15, -0.1) is 10.2 Å². The zero-order valence-electron chi connectivity index (χ0n) is 13.7. The van der Waals surface area contributed by atoms with Crippen molar-refractivity contribution in [2.24, 2.45) is 0 Å². The van der Waals surface area contributed by atoms with Gasteiger partial charge in [0.25, 0.3) is 0 Å². The molecule has 7 heteroatoms. The molecule has 6 nitrogen and oxygen atoms in total. The molecule has 1 aromatic carbocycles. The summed E-state index contributed by atoms with van der Waals surface area (Å²) in [5.74, 6) is 0.709. The van der Waals surface area contributed by atoms with E-state index in [9.17, 15) is 0 Å². The highest BCUT2D eigenvalue weighted by molar-refractivity contribution is 7.19. The Morgan fingerprint density at radius 3 is 2.64 bits per heavy atom. The lowest BCUT2D eigenvalue weighted by Crippen LogP contribution is -1.96. The molecule has 5 aromatic rings. The molecule has 0 aliphatic heterocycles. The topological polar surface area (TPSA) is 60.4 Å². The van der Waals surface area contributed by atoms with Crippen molar-refractivity contribution < 1.29 is 0 Å². The molecule has 0 amide bonds. The summed E-state index contributed by atoms with van der Waals surface area (Å²) in [6.45, 7) is 4.06. The fourth-order valence-electron chi connectivity index (χ4n) is 2.96. The summed E-state index contributed by atoms with van der Waals surface area (Å²) in [7, 11) is 0. The largest absolute Gasteiger partial charge is 0.297 e. The Morgan fingerprint density at radius 2 is 1.80 bits per heavy atom. The van der Waals surface area contributed by atoms with E-state index in [1.54, 1.807) is 0 Å². The van der Waals surface area contributed by atoms with Crippen LogP contribution in [0.15, 0.2) is 48.7 Å². The van der Waals surface area contributed by atoms with Gasteiger partial charge < -0.3 is 0 Å². The van der Waals surface area contributed by atoms with E-state index in [-0.39, 0.29) is 0 Å². The van der Waals surface area contributed by atoms with Gasteiger partial charge in [0.05, 0.1) is 5.69 Å². The second-order valence-corrected chi connectivity index (χ2v) is 6.92. The Balaban J connectivity index is 1.72. The molecule has 0 saturated carbocycles. The monoisotopic (exact) mass is 346 g/mol. The van der Waals surface area contributed by atoms with Gasteiger partial charge in [-0.25, -0.2) is 4.98 Å². The highest BCUT2D eigenvalue weighted by Crippen LogP contribution is 2.29. The van der Waals surface area contributed by atoms with Gasteiger partial charge in [-0.1, -0.05) is 47.2 Å². The van der Waals surface area contributed by atoms with Gasteiger partial charge in [-0.3, -0.25) is 4.40 Å². The van der Waals surface area contributed by atoms with Crippen LogP contribution >= 0.6 is 11.3 Å². The predicted octanol–water partition coefficient (Wildman–Crippen LogP) is 3.78. The van der Waals surface area contributed by atoms with Crippen LogP contribution in [0.3, 0.4) is 0 Å². The van der Waals surface area contributed by atoms with Crippen LogP contribution in [0.2, 0.25) is 0 Å². The number of hydrogen-bond acceptors (Lipinski definition) is 5. The minimum Gasteiger partial charge on any atom is -0.297 e. The van der Waals surface area contributed by atoms with Crippen molar-refractivity contribution >= 4 is 21.9 Å². The van der Waals surface area contributed by atoms with E-state index in [0.717, 1.165) is 32.6 Å². The Labute approximate surface area is 147 Å². The van der Waals surface area contributed by atoms with E-state index in [0.29, 0.717) is 5.82 Å². The normalized spacial score (nSPS) is 11.6. The Kier molecular flexibility index (Phi) is 2.98. The number of nitrogens with zero attached hydrogens (tertiary/aromatic N) is 6. The Hall–Kier alpha value is -3.06. The van der Waals surface area contributed by atoms with Crippen molar-refractivity contribution in [3.63, 3.8) is 0 Å². The molecule has 0 spiro atoms. The highest BCUT2D eigenvalue weighted by atomic mass is 32.1. The van der Waals surface area contributed by atoms with E-state index < -0.39 is 0 Å². The minimum absolute atomic E-state index is 0.709. The van der Waals surface area contributed by atoms with Crippen LogP contribution in [-0.2, 0) is 0 Å². The molecule has 0 saturated heterocycles. The molecule has 122 valence electrons. The maximum Gasteiger partial charge on any atom is 0.235 e. The molecule has 25 heavy (non-hydrogen) atoms. The first-order valence-electron chi connectivity index (χ1n) is 7.94. The first-order chi connectivity index (χ1) is 12.2. The molecule has 5 rings (SSSR count). The lowest BCUT2D eigenvalue weighted by Gasteiger charge is -1.99. The minimum atomic E-state index is 0.709. The third-order valence-electron chi connectivity index (χ3n) is 4.21. The summed E-state index contributed by atoms with van der Waals surface area (Å²) in [4.78, 5) is 5.38. The molecule has 0 bridgehead atoms. The van der Waals surface area contributed by atoms with Crippen molar-refractivity contribution in [2.75, 3.05) is 0 Å². The van der Waals surface area contributed by atoms with Gasteiger partial charge in [0.2, 0.25) is 10.8 Å². The van der Waals surface area contributed by atoms with E-state index in [2.05, 4.69) is 46.4 Å². The third kappa shape index (κ3) is 2.16. The van der Waals surface area contributed by atoms with Gasteiger partial charge in [-0.05, 0) is 26.0 Å². The summed E-state index contributed by atoms with van der Waals surface area (Å²) in [6, 6.07) is 14.3. The van der Waals surface area contributed by atoms with Crippen LogP contribution < -0.4 is 0 Å². The van der Waals surface area contributed by atoms with Gasteiger partial charge in [0.15, 0.2) is 0 Å². The lowest BCUT2D eigenvalue weighted by atomic mass is 10.2. The highest BCUT2D eigenvalue weighted by Gasteiger charge is 2.19. The average molecular weight is 346 g/mol. The first-order valence-corrected chi connectivity index (χ1v) is 8.76. The number of benzene rings is 1. The molecule has 0 fully saturated rings. The molecule has 0 aliphatic carbocycles. The van der Waals surface area contributed by atoms with E-state index in [4.69, 9.17) is 5.10 Å². The third-order valence-corrected chi connectivity index (χ3v) is 5.15. The summed E-state index contributed by atoms with van der Waals surface area (Å²) < 4.78 is 3.83. The van der Waals surface area contributed by atoms with Gasteiger partial charge in [0, 0.05) is 11.8 Å². The predicted molar refractivity (Wildman–Crippen MR) is 97.8 cm³/mol. The van der Waals surface area contributed by atoms with Crippen molar-refractivity contribution in [2.45, 2.75) is 13.8 Å². The van der Waals surface area contributed by atoms with E-state index >= 15 is 0 Å². The van der Waals surface area contributed by atoms with Crippen LogP contribution in [0.25, 0.3) is 32.7 Å². The van der Waals surface area contributed by atoms with Crippen LogP contribution in [0, 0.1) is 13.8 Å². The Morgan fingerprint density at radius 1 is 0.960 bits per heavy atom. The average Bonchev–Trinajstić information content (AvgIpc) is 3.27. The van der Waals surface area contributed by atoms with Gasteiger partial charge in [-0.2, -0.15) is 9.61 Å². The number of rotatable bonds is 2. The SMILES string of the molecule is Cc1ccc(-c2nn3c(-c4c(C)nc5ccccn45)nnc3s2)cc1. The number of pyridine rings is 1. The van der Waals surface area contributed by atoms with Crippen LogP contribution in [0.4, 0.5) is 0 Å². The zero-order valence-corrected chi connectivity index (χ0v) is 14.5. The van der Waals surface area contributed by atoms with Gasteiger partial charge in [0.1, 0.15) is 16.3 Å². The molecule has 0 N–H and O–H groups in total. The smallest absolute Gasteiger partial charge is 0.235 e. The standard InChI is InChI=1S/C18H14N6S/c1-11-6-8-13(9-7-11)17-22-24-16(20-21-18(24)25-17)15-12(2)19-14-5-3-4-10-23(14)15/h3-10H,1-2H3. The second-order valence-electron chi connectivity index (χ2n) is 5.97. The van der Waals surface area contributed by atoms with Crippen LogP contribution in [0.5, 0.6) is 0 Å². The second kappa shape index (κ2) is 5.22. The zero-order chi connectivity index (χ0) is 17.0. The molecule has 4 heterocycles. The Bertz CT molecular complexity index is 1210. The quantitative estimate of drug-likeness (QED) is 0.488.